The molecular weight excluding hydrogens is 294 g/mol. The number of rotatable bonds is 4. The summed E-state index contributed by atoms with van der Waals surface area (Å²) < 4.78 is 11.4. The van der Waals surface area contributed by atoms with Gasteiger partial charge in [0.25, 0.3) is 5.56 Å². The van der Waals surface area contributed by atoms with Gasteiger partial charge >= 0.3 is 11.9 Å². The number of ether oxygens (including phenoxy) is 2. The van der Waals surface area contributed by atoms with Gasteiger partial charge in [-0.25, -0.2) is 9.59 Å². The number of aromatic nitrogens is 1. The second-order valence-corrected chi connectivity index (χ2v) is 5.47. The van der Waals surface area contributed by atoms with E-state index in [1.54, 1.807) is 25.6 Å². The summed E-state index contributed by atoms with van der Waals surface area (Å²) in [5.74, 6) is 0.0874. The predicted molar refractivity (Wildman–Crippen MR) is 78.8 cm³/mol. The number of hydrogen-bond donors (Lipinski definition) is 0. The average Bonchev–Trinajstić information content (AvgIpc) is 2.48. The minimum Gasteiger partial charge on any atom is -0.462 e. The molecule has 0 bridgehead atoms. The standard InChI is InChI=1S/C14H17NO5S/c1-3-19-13(17)9-7-10(14(18)20-4-2)12(16)15-5-6-21-8-11(9)15/h7H,3-6,8H2,1-2H3. The van der Waals surface area contributed by atoms with Crippen LogP contribution in [0.3, 0.4) is 0 Å². The van der Waals surface area contributed by atoms with Crippen LogP contribution >= 0.6 is 11.8 Å². The van der Waals surface area contributed by atoms with Gasteiger partial charge < -0.3 is 14.0 Å². The van der Waals surface area contributed by atoms with Crippen LogP contribution in [-0.4, -0.2) is 35.5 Å². The first-order valence-electron chi connectivity index (χ1n) is 6.78. The third kappa shape index (κ3) is 3.12. The van der Waals surface area contributed by atoms with E-state index in [-0.39, 0.29) is 24.3 Å². The lowest BCUT2D eigenvalue weighted by Crippen LogP contribution is -2.34. The number of carbonyl (C=O) groups excluding carboxylic acids is 2. The zero-order chi connectivity index (χ0) is 15.4. The molecule has 6 nitrogen and oxygen atoms in total. The van der Waals surface area contributed by atoms with E-state index in [4.69, 9.17) is 9.47 Å². The molecule has 0 saturated heterocycles. The smallest absolute Gasteiger partial charge is 0.343 e. The molecule has 1 aliphatic heterocycles. The van der Waals surface area contributed by atoms with E-state index < -0.39 is 17.5 Å². The number of carbonyl (C=O) groups is 2. The number of hydrogen-bond acceptors (Lipinski definition) is 6. The van der Waals surface area contributed by atoms with Gasteiger partial charge in [0.2, 0.25) is 0 Å². The lowest BCUT2D eigenvalue weighted by atomic mass is 10.1. The third-order valence-electron chi connectivity index (χ3n) is 3.09. The largest absolute Gasteiger partial charge is 0.462 e. The van der Waals surface area contributed by atoms with Crippen molar-refractivity contribution in [2.24, 2.45) is 0 Å². The summed E-state index contributed by atoms with van der Waals surface area (Å²) in [4.78, 5) is 36.3. The minimum absolute atomic E-state index is 0.115. The molecule has 1 aliphatic rings. The molecule has 0 spiro atoms. The quantitative estimate of drug-likeness (QED) is 0.784. The van der Waals surface area contributed by atoms with Crippen molar-refractivity contribution < 1.29 is 19.1 Å². The highest BCUT2D eigenvalue weighted by Gasteiger charge is 2.25. The lowest BCUT2D eigenvalue weighted by molar-refractivity contribution is 0.0521. The normalized spacial score (nSPS) is 13.4. The molecular formula is C14H17NO5S. The highest BCUT2D eigenvalue weighted by atomic mass is 32.2. The molecule has 2 heterocycles. The second-order valence-electron chi connectivity index (χ2n) is 4.37. The van der Waals surface area contributed by atoms with Crippen LogP contribution in [0.5, 0.6) is 0 Å². The Bertz CT molecular complexity index is 623. The van der Waals surface area contributed by atoms with Crippen molar-refractivity contribution in [3.63, 3.8) is 0 Å². The van der Waals surface area contributed by atoms with Crippen LogP contribution < -0.4 is 5.56 Å². The van der Waals surface area contributed by atoms with E-state index in [9.17, 15) is 14.4 Å². The van der Waals surface area contributed by atoms with Gasteiger partial charge in [0.1, 0.15) is 5.56 Å². The fourth-order valence-electron chi connectivity index (χ4n) is 2.16. The maximum Gasteiger partial charge on any atom is 0.343 e. The predicted octanol–water partition coefficient (Wildman–Crippen LogP) is 1.45. The zero-order valence-electron chi connectivity index (χ0n) is 12.0. The maximum atomic E-state index is 12.4. The molecule has 0 saturated carbocycles. The number of pyridine rings is 1. The van der Waals surface area contributed by atoms with Crippen LogP contribution in [0, 0.1) is 0 Å². The van der Waals surface area contributed by atoms with Crippen molar-refractivity contribution in [3.8, 4) is 0 Å². The Kier molecular flexibility index (Phi) is 5.06. The second kappa shape index (κ2) is 6.80. The number of thioether (sulfide) groups is 1. The molecule has 0 amide bonds. The van der Waals surface area contributed by atoms with Crippen molar-refractivity contribution in [2.75, 3.05) is 19.0 Å². The Morgan fingerprint density at radius 1 is 1.19 bits per heavy atom. The van der Waals surface area contributed by atoms with E-state index in [1.165, 1.54) is 10.6 Å². The van der Waals surface area contributed by atoms with Gasteiger partial charge in [-0.15, -0.1) is 0 Å². The van der Waals surface area contributed by atoms with Crippen molar-refractivity contribution in [2.45, 2.75) is 26.1 Å². The zero-order valence-corrected chi connectivity index (χ0v) is 12.8. The first-order valence-corrected chi connectivity index (χ1v) is 7.94. The summed E-state index contributed by atoms with van der Waals surface area (Å²) in [6, 6.07) is 1.30. The molecule has 21 heavy (non-hydrogen) atoms. The lowest BCUT2D eigenvalue weighted by Gasteiger charge is -2.21. The summed E-state index contributed by atoms with van der Waals surface area (Å²) in [5.41, 5.74) is 0.363. The van der Waals surface area contributed by atoms with Crippen LogP contribution in [0.1, 0.15) is 40.3 Å². The summed E-state index contributed by atoms with van der Waals surface area (Å²) in [6.45, 7) is 4.25. The highest BCUT2D eigenvalue weighted by Crippen LogP contribution is 2.22. The summed E-state index contributed by atoms with van der Waals surface area (Å²) in [6.07, 6.45) is 0. The number of fused-ring (bicyclic) bond motifs is 1. The number of esters is 2. The van der Waals surface area contributed by atoms with Gasteiger partial charge in [0, 0.05) is 23.7 Å². The fraction of sp³-hybridized carbons (Fsp3) is 0.500. The van der Waals surface area contributed by atoms with Gasteiger partial charge in [0.05, 0.1) is 18.8 Å². The van der Waals surface area contributed by atoms with Crippen molar-refractivity contribution in [3.05, 3.63) is 33.2 Å². The molecule has 0 aliphatic carbocycles. The van der Waals surface area contributed by atoms with Crippen LogP contribution in [0.25, 0.3) is 0 Å². The van der Waals surface area contributed by atoms with Gasteiger partial charge in [-0.2, -0.15) is 11.8 Å². The van der Waals surface area contributed by atoms with E-state index in [1.807, 2.05) is 0 Å². The molecule has 0 atom stereocenters. The first kappa shape index (κ1) is 15.6. The molecule has 0 radical (unpaired) electrons. The Hall–Kier alpha value is -1.76. The fourth-order valence-corrected chi connectivity index (χ4v) is 3.12. The van der Waals surface area contributed by atoms with E-state index in [0.717, 1.165) is 5.75 Å². The SMILES string of the molecule is CCOC(=O)c1cc(C(=O)OCC)c(=O)n2c1CSCC2. The van der Waals surface area contributed by atoms with Crippen molar-refractivity contribution in [1.82, 2.24) is 4.57 Å². The maximum absolute atomic E-state index is 12.4. The molecule has 1 aromatic rings. The number of nitrogens with zero attached hydrogens (tertiary/aromatic N) is 1. The van der Waals surface area contributed by atoms with Gasteiger partial charge in [0.15, 0.2) is 0 Å². The highest BCUT2D eigenvalue weighted by molar-refractivity contribution is 7.98. The molecule has 0 N–H and O–H groups in total. The van der Waals surface area contributed by atoms with Gasteiger partial charge in [-0.3, -0.25) is 4.79 Å². The minimum atomic E-state index is -0.707. The Morgan fingerprint density at radius 2 is 1.81 bits per heavy atom. The van der Waals surface area contributed by atoms with Crippen molar-refractivity contribution in [1.29, 1.82) is 0 Å². The third-order valence-corrected chi connectivity index (χ3v) is 4.04. The van der Waals surface area contributed by atoms with E-state index in [2.05, 4.69) is 0 Å². The molecule has 2 rings (SSSR count). The summed E-state index contributed by atoms with van der Waals surface area (Å²) in [7, 11) is 0. The van der Waals surface area contributed by atoms with Crippen LogP contribution in [0.4, 0.5) is 0 Å². The van der Waals surface area contributed by atoms with E-state index in [0.29, 0.717) is 18.0 Å². The molecule has 0 unspecified atom stereocenters. The Balaban J connectivity index is 2.58. The van der Waals surface area contributed by atoms with Crippen LogP contribution in [0.2, 0.25) is 0 Å². The van der Waals surface area contributed by atoms with Crippen molar-refractivity contribution >= 4 is 23.7 Å². The summed E-state index contributed by atoms with van der Waals surface area (Å²) >= 11 is 1.64. The monoisotopic (exact) mass is 311 g/mol. The average molecular weight is 311 g/mol. The van der Waals surface area contributed by atoms with E-state index >= 15 is 0 Å². The Labute approximate surface area is 126 Å². The Morgan fingerprint density at radius 3 is 2.43 bits per heavy atom. The first-order chi connectivity index (χ1) is 10.1. The van der Waals surface area contributed by atoms with Gasteiger partial charge in [-0.1, -0.05) is 0 Å². The molecule has 7 heteroatoms. The topological polar surface area (TPSA) is 74.6 Å². The van der Waals surface area contributed by atoms with Crippen LogP contribution in [0.15, 0.2) is 10.9 Å². The molecule has 0 fully saturated rings. The van der Waals surface area contributed by atoms with Crippen LogP contribution in [-0.2, 0) is 21.8 Å². The molecule has 0 aromatic carbocycles. The molecule has 1 aromatic heterocycles. The summed E-state index contributed by atoms with van der Waals surface area (Å²) in [5, 5.41) is 0. The van der Waals surface area contributed by atoms with Gasteiger partial charge in [-0.05, 0) is 19.9 Å². The molecule has 114 valence electrons.